The molecule has 0 aliphatic rings. The maximum atomic E-state index is 4.63. The zero-order chi connectivity index (χ0) is 11.7. The summed E-state index contributed by atoms with van der Waals surface area (Å²) in [4.78, 5) is 9.11. The highest BCUT2D eigenvalue weighted by atomic mass is 15.1. The van der Waals surface area contributed by atoms with Gasteiger partial charge in [0.1, 0.15) is 5.69 Å². The Balaban J connectivity index is 2.48. The number of imidazole rings is 1. The van der Waals surface area contributed by atoms with Crippen molar-refractivity contribution in [3.05, 3.63) is 35.8 Å². The molecule has 0 aliphatic carbocycles. The van der Waals surface area contributed by atoms with Crippen molar-refractivity contribution in [2.75, 3.05) is 0 Å². The molecule has 16 heavy (non-hydrogen) atoms. The van der Waals surface area contributed by atoms with E-state index in [1.54, 1.807) is 0 Å². The third kappa shape index (κ3) is 1.98. The maximum Gasteiger partial charge on any atom is 0.158 e. The fourth-order valence-electron chi connectivity index (χ4n) is 1.75. The second-order valence-corrected chi connectivity index (χ2v) is 4.42. The average molecular weight is 215 g/mol. The summed E-state index contributed by atoms with van der Waals surface area (Å²) in [5, 5.41) is 0. The predicted octanol–water partition coefficient (Wildman–Crippen LogP) is 2.91. The smallest absolute Gasteiger partial charge is 0.158 e. The SMILES string of the molecule is Cc1cn(C)c(-c2cccc(C(C)C)n2)n1. The molecule has 84 valence electrons. The van der Waals surface area contributed by atoms with E-state index in [4.69, 9.17) is 0 Å². The van der Waals surface area contributed by atoms with Crippen molar-refractivity contribution in [2.45, 2.75) is 26.7 Å². The molecule has 0 bridgehead atoms. The molecule has 0 radical (unpaired) electrons. The molecule has 0 aromatic carbocycles. The Morgan fingerprint density at radius 2 is 1.94 bits per heavy atom. The van der Waals surface area contributed by atoms with Gasteiger partial charge in [0.15, 0.2) is 5.82 Å². The first-order valence-corrected chi connectivity index (χ1v) is 5.55. The minimum atomic E-state index is 0.446. The first kappa shape index (κ1) is 10.9. The summed E-state index contributed by atoms with van der Waals surface area (Å²) in [6.07, 6.45) is 2.01. The van der Waals surface area contributed by atoms with Crippen LogP contribution in [0.15, 0.2) is 24.4 Å². The van der Waals surface area contributed by atoms with Gasteiger partial charge in [-0.3, -0.25) is 0 Å². The van der Waals surface area contributed by atoms with E-state index in [1.807, 2.05) is 36.9 Å². The minimum Gasteiger partial charge on any atom is -0.332 e. The molecule has 0 amide bonds. The molecule has 0 N–H and O–H groups in total. The van der Waals surface area contributed by atoms with Crippen LogP contribution in [-0.2, 0) is 7.05 Å². The lowest BCUT2D eigenvalue weighted by Crippen LogP contribution is -1.98. The normalized spacial score (nSPS) is 11.1. The fourth-order valence-corrected chi connectivity index (χ4v) is 1.75. The van der Waals surface area contributed by atoms with Gasteiger partial charge in [0, 0.05) is 18.9 Å². The molecular formula is C13H17N3. The quantitative estimate of drug-likeness (QED) is 0.771. The lowest BCUT2D eigenvalue weighted by molar-refractivity contribution is 0.819. The molecule has 0 saturated heterocycles. The molecule has 3 heteroatoms. The van der Waals surface area contributed by atoms with Crippen molar-refractivity contribution >= 4 is 0 Å². The van der Waals surface area contributed by atoms with Crippen molar-refractivity contribution in [2.24, 2.45) is 7.05 Å². The van der Waals surface area contributed by atoms with Crippen LogP contribution in [-0.4, -0.2) is 14.5 Å². The average Bonchev–Trinajstić information content (AvgIpc) is 2.58. The van der Waals surface area contributed by atoms with Gasteiger partial charge in [-0.15, -0.1) is 0 Å². The summed E-state index contributed by atoms with van der Waals surface area (Å²) in [5.74, 6) is 1.38. The van der Waals surface area contributed by atoms with Crippen LogP contribution in [0.4, 0.5) is 0 Å². The van der Waals surface area contributed by atoms with E-state index in [1.165, 1.54) is 0 Å². The van der Waals surface area contributed by atoms with E-state index < -0.39 is 0 Å². The highest BCUT2D eigenvalue weighted by Gasteiger charge is 2.08. The standard InChI is InChI=1S/C13H17N3/c1-9(2)11-6-5-7-12(15-11)13-14-10(3)8-16(13)4/h5-9H,1-4H3. The van der Waals surface area contributed by atoms with Crippen LogP contribution in [0.2, 0.25) is 0 Å². The van der Waals surface area contributed by atoms with Crippen LogP contribution in [0.5, 0.6) is 0 Å². The third-order valence-electron chi connectivity index (χ3n) is 2.59. The van der Waals surface area contributed by atoms with Gasteiger partial charge in [0.05, 0.1) is 5.69 Å². The maximum absolute atomic E-state index is 4.63. The molecule has 0 aliphatic heterocycles. The third-order valence-corrected chi connectivity index (χ3v) is 2.59. The monoisotopic (exact) mass is 215 g/mol. The first-order valence-electron chi connectivity index (χ1n) is 5.55. The van der Waals surface area contributed by atoms with Crippen LogP contribution in [0.3, 0.4) is 0 Å². The van der Waals surface area contributed by atoms with Crippen LogP contribution in [0, 0.1) is 6.92 Å². The van der Waals surface area contributed by atoms with E-state index in [-0.39, 0.29) is 0 Å². The molecule has 2 heterocycles. The number of hydrogen-bond donors (Lipinski definition) is 0. The van der Waals surface area contributed by atoms with Gasteiger partial charge in [-0.05, 0) is 25.0 Å². The van der Waals surface area contributed by atoms with Gasteiger partial charge in [-0.2, -0.15) is 0 Å². The van der Waals surface area contributed by atoms with Crippen molar-refractivity contribution in [1.82, 2.24) is 14.5 Å². The molecular weight excluding hydrogens is 198 g/mol. The number of rotatable bonds is 2. The van der Waals surface area contributed by atoms with Gasteiger partial charge in [-0.25, -0.2) is 9.97 Å². The largest absolute Gasteiger partial charge is 0.332 e. The number of nitrogens with zero attached hydrogens (tertiary/aromatic N) is 3. The Bertz CT molecular complexity index is 498. The van der Waals surface area contributed by atoms with Gasteiger partial charge < -0.3 is 4.57 Å². The summed E-state index contributed by atoms with van der Waals surface area (Å²) < 4.78 is 2.02. The zero-order valence-corrected chi connectivity index (χ0v) is 10.2. The van der Waals surface area contributed by atoms with Crippen LogP contribution < -0.4 is 0 Å². The van der Waals surface area contributed by atoms with Crippen molar-refractivity contribution in [3.63, 3.8) is 0 Å². The van der Waals surface area contributed by atoms with Gasteiger partial charge in [0.25, 0.3) is 0 Å². The van der Waals surface area contributed by atoms with Gasteiger partial charge in [-0.1, -0.05) is 19.9 Å². The highest BCUT2D eigenvalue weighted by molar-refractivity contribution is 5.50. The van der Waals surface area contributed by atoms with Crippen LogP contribution >= 0.6 is 0 Å². The Morgan fingerprint density at radius 1 is 1.19 bits per heavy atom. The lowest BCUT2D eigenvalue weighted by atomic mass is 10.1. The number of aryl methyl sites for hydroxylation is 2. The molecule has 2 aromatic heterocycles. The molecule has 0 saturated carbocycles. The van der Waals surface area contributed by atoms with E-state index in [0.717, 1.165) is 22.9 Å². The summed E-state index contributed by atoms with van der Waals surface area (Å²) in [6, 6.07) is 6.11. The second-order valence-electron chi connectivity index (χ2n) is 4.42. The zero-order valence-electron chi connectivity index (χ0n) is 10.2. The van der Waals surface area contributed by atoms with E-state index in [0.29, 0.717) is 5.92 Å². The van der Waals surface area contributed by atoms with Crippen molar-refractivity contribution in [1.29, 1.82) is 0 Å². The Kier molecular flexibility index (Phi) is 2.77. The van der Waals surface area contributed by atoms with E-state index in [9.17, 15) is 0 Å². The van der Waals surface area contributed by atoms with Gasteiger partial charge >= 0.3 is 0 Å². The number of aromatic nitrogens is 3. The highest BCUT2D eigenvalue weighted by Crippen LogP contribution is 2.19. The fraction of sp³-hybridized carbons (Fsp3) is 0.385. The molecule has 3 nitrogen and oxygen atoms in total. The first-order chi connectivity index (χ1) is 7.58. The van der Waals surface area contributed by atoms with Gasteiger partial charge in [0.2, 0.25) is 0 Å². The number of pyridine rings is 1. The summed E-state index contributed by atoms with van der Waals surface area (Å²) in [7, 11) is 2.00. The Labute approximate surface area is 96.2 Å². The summed E-state index contributed by atoms with van der Waals surface area (Å²) in [5.41, 5.74) is 3.08. The molecule has 0 fully saturated rings. The lowest BCUT2D eigenvalue weighted by Gasteiger charge is -2.06. The molecule has 0 unspecified atom stereocenters. The number of hydrogen-bond acceptors (Lipinski definition) is 2. The topological polar surface area (TPSA) is 30.7 Å². The van der Waals surface area contributed by atoms with Crippen molar-refractivity contribution in [3.8, 4) is 11.5 Å². The van der Waals surface area contributed by atoms with E-state index >= 15 is 0 Å². The summed E-state index contributed by atoms with van der Waals surface area (Å²) in [6.45, 7) is 6.29. The predicted molar refractivity (Wildman–Crippen MR) is 65.3 cm³/mol. The van der Waals surface area contributed by atoms with Crippen molar-refractivity contribution < 1.29 is 0 Å². The molecule has 2 aromatic rings. The minimum absolute atomic E-state index is 0.446. The Morgan fingerprint density at radius 3 is 2.50 bits per heavy atom. The second kappa shape index (κ2) is 4.08. The molecule has 2 rings (SSSR count). The molecule has 0 spiro atoms. The summed E-state index contributed by atoms with van der Waals surface area (Å²) >= 11 is 0. The van der Waals surface area contributed by atoms with Crippen LogP contribution in [0.25, 0.3) is 11.5 Å². The van der Waals surface area contributed by atoms with E-state index in [2.05, 4.69) is 29.9 Å². The Hall–Kier alpha value is -1.64. The van der Waals surface area contributed by atoms with Crippen LogP contribution in [0.1, 0.15) is 31.2 Å². The molecule has 0 atom stereocenters.